The van der Waals surface area contributed by atoms with E-state index in [0.717, 1.165) is 23.3 Å². The molecule has 126 valence electrons. The van der Waals surface area contributed by atoms with Crippen molar-refractivity contribution in [1.82, 2.24) is 5.32 Å². The second-order valence-electron chi connectivity index (χ2n) is 6.35. The van der Waals surface area contributed by atoms with Gasteiger partial charge in [0.2, 0.25) is 0 Å². The molecule has 1 aliphatic rings. The number of aromatic hydroxyl groups is 1. The molecule has 1 aromatic heterocycles. The number of rotatable bonds is 3. The minimum Gasteiger partial charge on any atom is -0.508 e. The van der Waals surface area contributed by atoms with E-state index in [1.165, 1.54) is 10.4 Å². The number of hydrogen-bond donors (Lipinski definition) is 2. The largest absolute Gasteiger partial charge is 0.508 e. The molecule has 0 aliphatic carbocycles. The molecule has 0 saturated heterocycles. The van der Waals surface area contributed by atoms with Crippen LogP contribution in [0, 0.1) is 6.92 Å². The Kier molecular flexibility index (Phi) is 4.38. The van der Waals surface area contributed by atoms with Crippen LogP contribution in [0.2, 0.25) is 0 Å². The minimum atomic E-state index is -0.115. The van der Waals surface area contributed by atoms with E-state index < -0.39 is 0 Å². The first-order chi connectivity index (χ1) is 12.2. The molecule has 2 heterocycles. The zero-order valence-electron chi connectivity index (χ0n) is 14.0. The van der Waals surface area contributed by atoms with Gasteiger partial charge < -0.3 is 5.11 Å². The van der Waals surface area contributed by atoms with E-state index in [1.54, 1.807) is 17.4 Å². The van der Waals surface area contributed by atoms with Gasteiger partial charge in [0.1, 0.15) is 11.9 Å². The predicted octanol–water partition coefficient (Wildman–Crippen LogP) is 4.98. The molecule has 2 aromatic carbocycles. The summed E-state index contributed by atoms with van der Waals surface area (Å²) in [5.41, 5.74) is 4.38. The van der Waals surface area contributed by atoms with Gasteiger partial charge >= 0.3 is 0 Å². The van der Waals surface area contributed by atoms with Crippen LogP contribution in [0.3, 0.4) is 0 Å². The summed E-state index contributed by atoms with van der Waals surface area (Å²) < 4.78 is 0. The number of hydrogen-bond acceptors (Lipinski definition) is 4. The fraction of sp³-hybridized carbons (Fsp3) is 0.190. The molecule has 0 fully saturated rings. The zero-order chi connectivity index (χ0) is 17.2. The third-order valence-electron chi connectivity index (χ3n) is 4.55. The summed E-state index contributed by atoms with van der Waals surface area (Å²) in [5.74, 6) is 0.329. The maximum Gasteiger partial charge on any atom is 0.126 e. The Balaban J connectivity index is 1.74. The summed E-state index contributed by atoms with van der Waals surface area (Å²) >= 11 is 1.71. The predicted molar refractivity (Wildman–Crippen MR) is 103 cm³/mol. The van der Waals surface area contributed by atoms with Gasteiger partial charge in [-0.15, -0.1) is 11.3 Å². The van der Waals surface area contributed by atoms with Crippen LogP contribution in [0.25, 0.3) is 0 Å². The zero-order valence-corrected chi connectivity index (χ0v) is 14.8. The van der Waals surface area contributed by atoms with Crippen molar-refractivity contribution in [3.05, 3.63) is 87.6 Å². The van der Waals surface area contributed by atoms with Crippen molar-refractivity contribution in [3.63, 3.8) is 0 Å². The number of aryl methyl sites for hydroxylation is 1. The maximum absolute atomic E-state index is 10.3. The minimum absolute atomic E-state index is 0.0297. The molecule has 3 nitrogen and oxygen atoms in total. The number of nitrogens with one attached hydrogen (secondary N) is 1. The van der Waals surface area contributed by atoms with Crippen LogP contribution < -0.4 is 5.32 Å². The van der Waals surface area contributed by atoms with Crippen LogP contribution in [0.5, 0.6) is 5.75 Å². The number of phenols is 1. The first-order valence-corrected chi connectivity index (χ1v) is 9.30. The molecule has 0 saturated carbocycles. The van der Waals surface area contributed by atoms with Crippen LogP contribution >= 0.6 is 11.3 Å². The Morgan fingerprint density at radius 1 is 1.04 bits per heavy atom. The van der Waals surface area contributed by atoms with Crippen LogP contribution in [0.1, 0.15) is 40.2 Å². The molecule has 0 unspecified atom stereocenters. The van der Waals surface area contributed by atoms with E-state index in [9.17, 15) is 5.11 Å². The van der Waals surface area contributed by atoms with Gasteiger partial charge in [-0.3, -0.25) is 10.3 Å². The maximum atomic E-state index is 10.3. The van der Waals surface area contributed by atoms with E-state index >= 15 is 0 Å². The summed E-state index contributed by atoms with van der Waals surface area (Å²) in [7, 11) is 0. The Hall–Kier alpha value is -2.43. The van der Waals surface area contributed by atoms with E-state index in [4.69, 9.17) is 4.99 Å². The lowest BCUT2D eigenvalue weighted by Gasteiger charge is -2.30. The van der Waals surface area contributed by atoms with Crippen molar-refractivity contribution >= 4 is 17.0 Å². The molecule has 4 rings (SSSR count). The Morgan fingerprint density at radius 3 is 2.56 bits per heavy atom. The molecule has 25 heavy (non-hydrogen) atoms. The normalized spacial score (nSPS) is 20.3. The lowest BCUT2D eigenvalue weighted by atomic mass is 9.96. The molecule has 0 amide bonds. The molecule has 3 aromatic rings. The first-order valence-electron chi connectivity index (χ1n) is 8.42. The summed E-state index contributed by atoms with van der Waals surface area (Å²) in [5, 5.41) is 16.0. The van der Waals surface area contributed by atoms with Crippen molar-refractivity contribution in [2.45, 2.75) is 25.6 Å². The summed E-state index contributed by atoms with van der Waals surface area (Å²) in [4.78, 5) is 6.16. The van der Waals surface area contributed by atoms with E-state index in [1.807, 2.05) is 18.2 Å². The van der Waals surface area contributed by atoms with Gasteiger partial charge in [-0.25, -0.2) is 0 Å². The van der Waals surface area contributed by atoms with Crippen molar-refractivity contribution in [1.29, 1.82) is 0 Å². The molecule has 4 heteroatoms. The third-order valence-corrected chi connectivity index (χ3v) is 5.47. The van der Waals surface area contributed by atoms with Gasteiger partial charge in [0, 0.05) is 22.9 Å². The second kappa shape index (κ2) is 6.82. The van der Waals surface area contributed by atoms with Gasteiger partial charge in [-0.05, 0) is 30.0 Å². The second-order valence-corrected chi connectivity index (χ2v) is 7.30. The monoisotopic (exact) mass is 348 g/mol. The number of phenolic OH excluding ortho intramolecular Hbond substituents is 1. The van der Waals surface area contributed by atoms with Gasteiger partial charge in [0.05, 0.1) is 5.71 Å². The summed E-state index contributed by atoms with van der Waals surface area (Å²) in [6.07, 6.45) is 0.650. The number of thiophene rings is 1. The highest BCUT2D eigenvalue weighted by Crippen LogP contribution is 2.34. The number of aliphatic imine (C=N–C) groups is 1. The number of para-hydroxylation sites is 1. The Labute approximate surface area is 151 Å². The average Bonchev–Trinajstić information content (AvgIpc) is 3.17. The topological polar surface area (TPSA) is 44.6 Å². The molecule has 2 N–H and O–H groups in total. The van der Waals surface area contributed by atoms with Gasteiger partial charge in [0.25, 0.3) is 0 Å². The van der Waals surface area contributed by atoms with Crippen LogP contribution in [-0.2, 0) is 0 Å². The molecular weight excluding hydrogens is 328 g/mol. The van der Waals surface area contributed by atoms with Crippen LogP contribution in [0.15, 0.2) is 71.0 Å². The van der Waals surface area contributed by atoms with Crippen LogP contribution in [0.4, 0.5) is 0 Å². The number of nitrogens with zero attached hydrogens (tertiary/aromatic N) is 1. The van der Waals surface area contributed by atoms with Crippen LogP contribution in [-0.4, -0.2) is 10.8 Å². The standard InChI is InChI=1S/C21H20N2OS/c1-14-8-10-15(11-9-14)21-22-17(16-5-2-3-6-19(16)24)13-18(23-21)20-7-4-12-25-20/h2-12,17,21-22,24H,13H2,1H3/t17-,21-/m0/s1. The quantitative estimate of drug-likeness (QED) is 0.701. The SMILES string of the molecule is Cc1ccc([C@@H]2N=C(c3cccs3)C[C@@H](c3ccccc3O)N2)cc1. The highest BCUT2D eigenvalue weighted by Gasteiger charge is 2.27. The van der Waals surface area contributed by atoms with Gasteiger partial charge in [0.15, 0.2) is 0 Å². The van der Waals surface area contributed by atoms with Crippen molar-refractivity contribution in [2.24, 2.45) is 4.99 Å². The Morgan fingerprint density at radius 2 is 1.84 bits per heavy atom. The van der Waals surface area contributed by atoms with Gasteiger partial charge in [-0.1, -0.05) is 54.1 Å². The summed E-state index contributed by atoms with van der Waals surface area (Å²) in [6.45, 7) is 2.09. The molecular formula is C21H20N2OS. The molecule has 2 atom stereocenters. The van der Waals surface area contributed by atoms with Crippen molar-refractivity contribution < 1.29 is 5.11 Å². The van der Waals surface area contributed by atoms with E-state index in [0.29, 0.717) is 5.75 Å². The molecule has 0 spiro atoms. The Bertz CT molecular complexity index is 885. The highest BCUT2D eigenvalue weighted by atomic mass is 32.1. The first kappa shape index (κ1) is 16.1. The van der Waals surface area contributed by atoms with Gasteiger partial charge in [-0.2, -0.15) is 0 Å². The highest BCUT2D eigenvalue weighted by molar-refractivity contribution is 7.12. The third kappa shape index (κ3) is 3.36. The fourth-order valence-corrected chi connectivity index (χ4v) is 3.93. The van der Waals surface area contributed by atoms with Crippen molar-refractivity contribution in [2.75, 3.05) is 0 Å². The van der Waals surface area contributed by atoms with Crippen molar-refractivity contribution in [3.8, 4) is 5.75 Å². The van der Waals surface area contributed by atoms with E-state index in [2.05, 4.69) is 54.0 Å². The van der Waals surface area contributed by atoms with E-state index in [-0.39, 0.29) is 12.2 Å². The lowest BCUT2D eigenvalue weighted by molar-refractivity contribution is 0.413. The molecule has 0 radical (unpaired) electrons. The number of benzene rings is 2. The smallest absolute Gasteiger partial charge is 0.126 e. The average molecular weight is 348 g/mol. The molecule has 0 bridgehead atoms. The summed E-state index contributed by atoms with van der Waals surface area (Å²) in [6, 6.07) is 20.2. The fourth-order valence-electron chi connectivity index (χ4n) is 3.20. The lowest BCUT2D eigenvalue weighted by Crippen LogP contribution is -2.32. The molecule has 1 aliphatic heterocycles.